The van der Waals surface area contributed by atoms with Crippen molar-refractivity contribution in [1.29, 1.82) is 0 Å². The zero-order valence-electron chi connectivity index (χ0n) is 15.1. The summed E-state index contributed by atoms with van der Waals surface area (Å²) in [6, 6.07) is 8.02. The van der Waals surface area contributed by atoms with Crippen LogP contribution in [0, 0.1) is 13.8 Å². The van der Waals surface area contributed by atoms with Gasteiger partial charge in [0.25, 0.3) is 0 Å². The molecular formula is C18H17N5O4S. The maximum absolute atomic E-state index is 13.0. The van der Waals surface area contributed by atoms with Gasteiger partial charge in [0.1, 0.15) is 46.1 Å². The lowest BCUT2D eigenvalue weighted by atomic mass is 10.4. The number of nitrogens with zero attached hydrogens (tertiary/aromatic N) is 3. The van der Waals surface area contributed by atoms with E-state index in [-0.39, 0.29) is 33.6 Å². The molecule has 0 saturated carbocycles. The second-order valence-corrected chi connectivity index (χ2v) is 8.00. The van der Waals surface area contributed by atoms with Crippen LogP contribution in [0.15, 0.2) is 50.9 Å². The fraction of sp³-hybridized carbons (Fsp3) is 0.167. The molecule has 0 amide bonds. The van der Waals surface area contributed by atoms with Gasteiger partial charge < -0.3 is 19.9 Å². The van der Waals surface area contributed by atoms with Gasteiger partial charge in [0.05, 0.1) is 4.90 Å². The van der Waals surface area contributed by atoms with Crippen molar-refractivity contribution < 1.29 is 17.6 Å². The summed E-state index contributed by atoms with van der Waals surface area (Å²) >= 11 is 0. The molecule has 3 heterocycles. The van der Waals surface area contributed by atoms with Gasteiger partial charge in [0.15, 0.2) is 5.89 Å². The first kappa shape index (κ1) is 18.0. The third kappa shape index (κ3) is 2.97. The highest BCUT2D eigenvalue weighted by atomic mass is 32.2. The van der Waals surface area contributed by atoms with Crippen molar-refractivity contribution in [2.45, 2.75) is 30.2 Å². The van der Waals surface area contributed by atoms with Crippen LogP contribution in [0.1, 0.15) is 17.3 Å². The van der Waals surface area contributed by atoms with Gasteiger partial charge in [-0.05, 0) is 19.1 Å². The lowest BCUT2D eigenvalue weighted by Gasteiger charge is -2.05. The van der Waals surface area contributed by atoms with Crippen LogP contribution in [-0.2, 0) is 16.4 Å². The molecule has 10 heteroatoms. The van der Waals surface area contributed by atoms with Crippen LogP contribution >= 0.6 is 0 Å². The van der Waals surface area contributed by atoms with E-state index >= 15 is 0 Å². The molecule has 0 unspecified atom stereocenters. The van der Waals surface area contributed by atoms with Crippen LogP contribution < -0.4 is 10.5 Å². The molecule has 0 atom stereocenters. The van der Waals surface area contributed by atoms with Crippen molar-refractivity contribution in [2.24, 2.45) is 0 Å². The minimum absolute atomic E-state index is 0.0299. The van der Waals surface area contributed by atoms with Gasteiger partial charge in [-0.15, -0.1) is 0 Å². The molecule has 144 valence electrons. The van der Waals surface area contributed by atoms with Crippen LogP contribution in [0.3, 0.4) is 0 Å². The third-order valence-corrected chi connectivity index (χ3v) is 6.04. The number of hydrogen-bond donors (Lipinski definition) is 2. The molecule has 0 spiro atoms. The van der Waals surface area contributed by atoms with Gasteiger partial charge in [0, 0.05) is 6.92 Å². The first-order chi connectivity index (χ1) is 13.4. The largest absolute Gasteiger partial charge is 0.469 e. The van der Waals surface area contributed by atoms with Crippen molar-refractivity contribution in [3.8, 4) is 5.88 Å². The van der Waals surface area contributed by atoms with E-state index in [9.17, 15) is 8.42 Å². The van der Waals surface area contributed by atoms with Crippen LogP contribution in [0.25, 0.3) is 11.0 Å². The molecule has 28 heavy (non-hydrogen) atoms. The summed E-state index contributed by atoms with van der Waals surface area (Å²) in [5.74, 6) is 1.31. The third-order valence-electron chi connectivity index (χ3n) is 4.20. The van der Waals surface area contributed by atoms with Crippen molar-refractivity contribution >= 4 is 26.7 Å². The molecule has 1 aromatic carbocycles. The Balaban J connectivity index is 1.76. The maximum Gasteiger partial charge on any atom is 0.242 e. The molecule has 0 saturated heterocycles. The van der Waals surface area contributed by atoms with Gasteiger partial charge >= 0.3 is 0 Å². The first-order valence-corrected chi connectivity index (χ1v) is 9.84. The van der Waals surface area contributed by atoms with E-state index in [0.717, 1.165) is 0 Å². The minimum atomic E-state index is -3.87. The molecule has 0 aliphatic carbocycles. The average Bonchev–Trinajstić information content (AvgIpc) is 3.18. The number of H-pyrrole nitrogens is 1. The van der Waals surface area contributed by atoms with Crippen molar-refractivity contribution in [2.75, 3.05) is 5.73 Å². The summed E-state index contributed by atoms with van der Waals surface area (Å²) in [6.45, 7) is 3.63. The van der Waals surface area contributed by atoms with E-state index in [1.54, 1.807) is 32.0 Å². The predicted molar refractivity (Wildman–Crippen MR) is 101 cm³/mol. The molecule has 0 fully saturated rings. The Morgan fingerprint density at radius 1 is 1.18 bits per heavy atom. The zero-order valence-corrected chi connectivity index (χ0v) is 15.9. The number of nitrogen functional groups attached to an aromatic ring is 1. The highest BCUT2D eigenvalue weighted by Gasteiger charge is 2.28. The van der Waals surface area contributed by atoms with E-state index in [2.05, 4.69) is 19.9 Å². The fourth-order valence-corrected chi connectivity index (χ4v) is 4.42. The lowest BCUT2D eigenvalue weighted by molar-refractivity contribution is 0.290. The number of hydrogen-bond acceptors (Lipinski definition) is 8. The number of fused-ring (bicyclic) bond motifs is 1. The second kappa shape index (κ2) is 6.64. The zero-order chi connectivity index (χ0) is 19.9. The van der Waals surface area contributed by atoms with E-state index in [4.69, 9.17) is 14.9 Å². The topological polar surface area (TPSA) is 137 Å². The molecular weight excluding hydrogens is 382 g/mol. The number of aromatic nitrogens is 4. The highest BCUT2D eigenvalue weighted by Crippen LogP contribution is 2.35. The van der Waals surface area contributed by atoms with Gasteiger partial charge in [-0.3, -0.25) is 0 Å². The Kier molecular flexibility index (Phi) is 4.27. The number of aryl methyl sites for hydroxylation is 2. The van der Waals surface area contributed by atoms with Crippen molar-refractivity contribution in [3.05, 3.63) is 54.0 Å². The van der Waals surface area contributed by atoms with Crippen LogP contribution in [0.5, 0.6) is 5.88 Å². The summed E-state index contributed by atoms with van der Waals surface area (Å²) in [4.78, 5) is 15.3. The SMILES string of the molecule is Cc1nc(COc2ncnc3c(S(=O)(=O)c4ccccc4)c(N)[nH]c23)c(C)o1. The fourth-order valence-electron chi connectivity index (χ4n) is 2.91. The van der Waals surface area contributed by atoms with E-state index < -0.39 is 9.84 Å². The number of nitrogens with one attached hydrogen (secondary N) is 1. The molecule has 3 aromatic heterocycles. The molecule has 0 bridgehead atoms. The van der Waals surface area contributed by atoms with Crippen LogP contribution in [0.2, 0.25) is 0 Å². The van der Waals surface area contributed by atoms with Crippen molar-refractivity contribution in [3.63, 3.8) is 0 Å². The number of aromatic amines is 1. The quantitative estimate of drug-likeness (QED) is 0.522. The van der Waals surface area contributed by atoms with E-state index in [0.29, 0.717) is 22.9 Å². The van der Waals surface area contributed by atoms with Gasteiger partial charge in [-0.2, -0.15) is 4.98 Å². The molecule has 0 radical (unpaired) electrons. The maximum atomic E-state index is 13.0. The lowest BCUT2D eigenvalue weighted by Crippen LogP contribution is -2.05. The summed E-state index contributed by atoms with van der Waals surface area (Å²) in [6.07, 6.45) is 1.23. The minimum Gasteiger partial charge on any atom is -0.469 e. The Bertz CT molecular complexity index is 1260. The Hall–Kier alpha value is -3.40. The van der Waals surface area contributed by atoms with Crippen LogP contribution in [0.4, 0.5) is 5.82 Å². The summed E-state index contributed by atoms with van der Waals surface area (Å²) in [7, 11) is -3.87. The molecule has 0 aliphatic heterocycles. The molecule has 3 N–H and O–H groups in total. The van der Waals surface area contributed by atoms with E-state index in [1.165, 1.54) is 18.5 Å². The van der Waals surface area contributed by atoms with Gasteiger partial charge in [-0.25, -0.2) is 18.4 Å². The molecule has 4 aromatic rings. The number of sulfone groups is 1. The summed E-state index contributed by atoms with van der Waals surface area (Å²) < 4.78 is 37.2. The van der Waals surface area contributed by atoms with E-state index in [1.807, 2.05) is 0 Å². The first-order valence-electron chi connectivity index (χ1n) is 8.36. The van der Waals surface area contributed by atoms with Gasteiger partial charge in [-0.1, -0.05) is 18.2 Å². The monoisotopic (exact) mass is 399 g/mol. The Labute approximate surface area is 160 Å². The molecule has 9 nitrogen and oxygen atoms in total. The number of oxazole rings is 1. The number of rotatable bonds is 5. The normalized spacial score (nSPS) is 11.8. The van der Waals surface area contributed by atoms with Gasteiger partial charge in [0.2, 0.25) is 15.7 Å². The molecule has 4 rings (SSSR count). The number of anilines is 1. The molecule has 0 aliphatic rings. The summed E-state index contributed by atoms with van der Waals surface area (Å²) in [5, 5.41) is 0. The number of ether oxygens (including phenoxy) is 1. The summed E-state index contributed by atoms with van der Waals surface area (Å²) in [5.41, 5.74) is 7.09. The van der Waals surface area contributed by atoms with Crippen molar-refractivity contribution in [1.82, 2.24) is 19.9 Å². The number of nitrogens with two attached hydrogens (primary N) is 1. The smallest absolute Gasteiger partial charge is 0.242 e. The second-order valence-electron chi connectivity index (χ2n) is 6.11. The Morgan fingerprint density at radius 2 is 1.93 bits per heavy atom. The highest BCUT2D eigenvalue weighted by molar-refractivity contribution is 7.92. The average molecular weight is 399 g/mol. The van der Waals surface area contributed by atoms with Crippen LogP contribution in [-0.4, -0.2) is 28.4 Å². The number of benzene rings is 1. The Morgan fingerprint density at radius 3 is 2.61 bits per heavy atom. The predicted octanol–water partition coefficient (Wildman–Crippen LogP) is 2.56. The standard InChI is InChI=1S/C18H17N5O4S/c1-10-13(22-11(2)27-10)8-26-18-15-14(20-9-21-18)16(17(19)23-15)28(24,25)12-6-4-3-5-7-12/h3-7,9,23H,8,19H2,1-2H3.